The number of rotatable bonds is 5. The van der Waals surface area contributed by atoms with Crippen molar-refractivity contribution in [2.24, 2.45) is 0 Å². The second-order valence-corrected chi connectivity index (χ2v) is 5.17. The molecule has 0 bridgehead atoms. The Balaban J connectivity index is 1.64. The van der Waals surface area contributed by atoms with Gasteiger partial charge in [0.05, 0.1) is 29.9 Å². The fourth-order valence-electron chi connectivity index (χ4n) is 2.32. The predicted molar refractivity (Wildman–Crippen MR) is 79.6 cm³/mol. The zero-order valence-corrected chi connectivity index (χ0v) is 11.9. The lowest BCUT2D eigenvalue weighted by Crippen LogP contribution is -2.18. The summed E-state index contributed by atoms with van der Waals surface area (Å²) in [6, 6.07) is 6.35. The van der Waals surface area contributed by atoms with Crippen LogP contribution in [0.4, 0.5) is 0 Å². The molecule has 0 saturated heterocycles. The molecule has 0 amide bonds. The Morgan fingerprint density at radius 1 is 1.25 bits per heavy atom. The molecule has 4 nitrogen and oxygen atoms in total. The first-order valence-corrected chi connectivity index (χ1v) is 6.88. The van der Waals surface area contributed by atoms with Crippen molar-refractivity contribution in [1.29, 1.82) is 0 Å². The van der Waals surface area contributed by atoms with E-state index in [1.54, 1.807) is 12.5 Å². The maximum Gasteiger partial charge on any atom is 0.0958 e. The molecule has 0 aliphatic heterocycles. The van der Waals surface area contributed by atoms with Gasteiger partial charge < -0.3 is 14.3 Å². The molecule has 0 spiro atoms. The first-order chi connectivity index (χ1) is 9.74. The summed E-state index contributed by atoms with van der Waals surface area (Å²) in [5, 5.41) is 3.41. The van der Waals surface area contributed by atoms with Gasteiger partial charge in [-0.3, -0.25) is 0 Å². The highest BCUT2D eigenvalue weighted by Gasteiger charge is 2.04. The van der Waals surface area contributed by atoms with Crippen LogP contribution in [0.2, 0.25) is 0 Å². The van der Waals surface area contributed by atoms with E-state index in [4.69, 9.17) is 4.42 Å². The zero-order valence-electron chi connectivity index (χ0n) is 11.9. The van der Waals surface area contributed by atoms with Crippen LogP contribution in [-0.2, 0) is 13.1 Å². The van der Waals surface area contributed by atoms with Crippen molar-refractivity contribution in [3.8, 4) is 0 Å². The fraction of sp³-hybridized carbons (Fsp3) is 0.312. The van der Waals surface area contributed by atoms with Crippen LogP contribution in [-0.4, -0.2) is 16.1 Å². The predicted octanol–water partition coefficient (Wildman–Crippen LogP) is 3.04. The van der Waals surface area contributed by atoms with E-state index in [1.807, 2.05) is 12.4 Å². The number of nitrogens with one attached hydrogen (secondary N) is 1. The Labute approximate surface area is 118 Å². The van der Waals surface area contributed by atoms with Crippen LogP contribution in [0.1, 0.15) is 16.7 Å². The Kier molecular flexibility index (Phi) is 3.56. The van der Waals surface area contributed by atoms with Crippen molar-refractivity contribution in [2.75, 3.05) is 6.54 Å². The topological polar surface area (TPSA) is 43.0 Å². The van der Waals surface area contributed by atoms with E-state index in [0.717, 1.165) is 25.2 Å². The highest BCUT2D eigenvalue weighted by Crippen LogP contribution is 2.18. The quantitative estimate of drug-likeness (QED) is 0.724. The molecule has 4 heteroatoms. The minimum atomic E-state index is 0.835. The van der Waals surface area contributed by atoms with E-state index in [-0.39, 0.29) is 0 Å². The number of aromatic nitrogens is 2. The van der Waals surface area contributed by atoms with E-state index in [0.29, 0.717) is 0 Å². The number of furan rings is 1. The smallest absolute Gasteiger partial charge is 0.0958 e. The van der Waals surface area contributed by atoms with Gasteiger partial charge in [0.2, 0.25) is 0 Å². The molecule has 1 aromatic carbocycles. The van der Waals surface area contributed by atoms with Gasteiger partial charge in [-0.2, -0.15) is 0 Å². The maximum absolute atomic E-state index is 5.04. The summed E-state index contributed by atoms with van der Waals surface area (Å²) in [5.41, 5.74) is 6.06. The van der Waals surface area contributed by atoms with E-state index < -0.39 is 0 Å². The normalized spacial score (nSPS) is 11.3. The van der Waals surface area contributed by atoms with Crippen LogP contribution in [0, 0.1) is 13.8 Å². The van der Waals surface area contributed by atoms with E-state index >= 15 is 0 Å². The SMILES string of the molecule is Cc1cc2ncn(CCNCc3ccoc3)c2cc1C. The van der Waals surface area contributed by atoms with Crippen LogP contribution >= 0.6 is 0 Å². The highest BCUT2D eigenvalue weighted by atomic mass is 16.3. The number of fused-ring (bicyclic) bond motifs is 1. The molecule has 2 aromatic heterocycles. The van der Waals surface area contributed by atoms with Gasteiger partial charge in [-0.25, -0.2) is 4.98 Å². The van der Waals surface area contributed by atoms with Crippen LogP contribution in [0.25, 0.3) is 11.0 Å². The number of nitrogens with zero attached hydrogens (tertiary/aromatic N) is 2. The second kappa shape index (κ2) is 5.51. The van der Waals surface area contributed by atoms with Crippen LogP contribution in [0.3, 0.4) is 0 Å². The van der Waals surface area contributed by atoms with Crippen molar-refractivity contribution >= 4 is 11.0 Å². The minimum absolute atomic E-state index is 0.835. The molecule has 0 atom stereocenters. The fourth-order valence-corrected chi connectivity index (χ4v) is 2.32. The molecule has 3 aromatic rings. The molecule has 1 N–H and O–H groups in total. The molecular weight excluding hydrogens is 250 g/mol. The second-order valence-electron chi connectivity index (χ2n) is 5.17. The van der Waals surface area contributed by atoms with Gasteiger partial charge in [0, 0.05) is 25.2 Å². The lowest BCUT2D eigenvalue weighted by Gasteiger charge is -2.07. The van der Waals surface area contributed by atoms with Crippen molar-refractivity contribution in [1.82, 2.24) is 14.9 Å². The third-order valence-corrected chi connectivity index (χ3v) is 3.68. The summed E-state index contributed by atoms with van der Waals surface area (Å²) in [4.78, 5) is 4.47. The number of aryl methyl sites for hydroxylation is 2. The standard InChI is InChI=1S/C16H19N3O/c1-12-7-15-16(8-13(12)2)19(11-18-15)5-4-17-9-14-3-6-20-10-14/h3,6-8,10-11,17H,4-5,9H2,1-2H3. The molecule has 0 aliphatic rings. The summed E-state index contributed by atoms with van der Waals surface area (Å²) in [6.07, 6.45) is 5.39. The molecule has 0 fully saturated rings. The lowest BCUT2D eigenvalue weighted by molar-refractivity contribution is 0.557. The molecule has 20 heavy (non-hydrogen) atoms. The molecule has 3 rings (SSSR count). The first kappa shape index (κ1) is 12.9. The van der Waals surface area contributed by atoms with Crippen molar-refractivity contribution in [3.05, 3.63) is 53.7 Å². The Morgan fingerprint density at radius 2 is 2.10 bits per heavy atom. The van der Waals surface area contributed by atoms with Gasteiger partial charge in [0.15, 0.2) is 0 Å². The average Bonchev–Trinajstić information content (AvgIpc) is 3.06. The number of benzene rings is 1. The largest absolute Gasteiger partial charge is 0.472 e. The first-order valence-electron chi connectivity index (χ1n) is 6.88. The minimum Gasteiger partial charge on any atom is -0.472 e. The van der Waals surface area contributed by atoms with Gasteiger partial charge in [0.25, 0.3) is 0 Å². The molecule has 0 radical (unpaired) electrons. The summed E-state index contributed by atoms with van der Waals surface area (Å²) >= 11 is 0. The Hall–Kier alpha value is -2.07. The van der Waals surface area contributed by atoms with E-state index in [9.17, 15) is 0 Å². The van der Waals surface area contributed by atoms with Gasteiger partial charge in [-0.15, -0.1) is 0 Å². The van der Waals surface area contributed by atoms with Gasteiger partial charge >= 0.3 is 0 Å². The highest BCUT2D eigenvalue weighted by molar-refractivity contribution is 5.77. The summed E-state index contributed by atoms with van der Waals surface area (Å²) in [5.74, 6) is 0. The molecular formula is C16H19N3O. The number of imidazole rings is 1. The zero-order chi connectivity index (χ0) is 13.9. The summed E-state index contributed by atoms with van der Waals surface area (Å²) < 4.78 is 7.24. The number of hydrogen-bond acceptors (Lipinski definition) is 3. The van der Waals surface area contributed by atoms with E-state index in [1.165, 1.54) is 22.2 Å². The Morgan fingerprint density at radius 3 is 2.90 bits per heavy atom. The van der Waals surface area contributed by atoms with Crippen LogP contribution < -0.4 is 5.32 Å². The maximum atomic E-state index is 5.04. The van der Waals surface area contributed by atoms with Gasteiger partial charge in [-0.05, 0) is 43.2 Å². The molecule has 104 valence electrons. The van der Waals surface area contributed by atoms with E-state index in [2.05, 4.69) is 40.8 Å². The summed E-state index contributed by atoms with van der Waals surface area (Å²) in [7, 11) is 0. The number of hydrogen-bond donors (Lipinski definition) is 1. The molecule has 0 unspecified atom stereocenters. The third-order valence-electron chi connectivity index (χ3n) is 3.68. The van der Waals surface area contributed by atoms with Gasteiger partial charge in [-0.1, -0.05) is 0 Å². The summed E-state index contributed by atoms with van der Waals surface area (Å²) in [6.45, 7) is 6.92. The lowest BCUT2D eigenvalue weighted by atomic mass is 10.1. The third kappa shape index (κ3) is 2.60. The molecule has 0 aliphatic carbocycles. The van der Waals surface area contributed by atoms with Crippen LogP contribution in [0.5, 0.6) is 0 Å². The van der Waals surface area contributed by atoms with Crippen LogP contribution in [0.15, 0.2) is 41.5 Å². The monoisotopic (exact) mass is 269 g/mol. The van der Waals surface area contributed by atoms with Crippen molar-refractivity contribution in [2.45, 2.75) is 26.9 Å². The van der Waals surface area contributed by atoms with Crippen molar-refractivity contribution in [3.63, 3.8) is 0 Å². The molecule has 2 heterocycles. The average molecular weight is 269 g/mol. The van der Waals surface area contributed by atoms with Crippen molar-refractivity contribution < 1.29 is 4.42 Å². The Bertz CT molecular complexity index is 698. The molecule has 0 saturated carbocycles. The van der Waals surface area contributed by atoms with Gasteiger partial charge in [0.1, 0.15) is 0 Å².